The molecule has 1 aliphatic rings. The van der Waals surface area contributed by atoms with Gasteiger partial charge in [0.05, 0.1) is 0 Å². The van der Waals surface area contributed by atoms with Crippen molar-refractivity contribution in [1.29, 1.82) is 0 Å². The first-order valence-corrected chi connectivity index (χ1v) is 8.08. The molecule has 0 spiro atoms. The van der Waals surface area contributed by atoms with E-state index in [1.54, 1.807) is 0 Å². The molecule has 0 bridgehead atoms. The van der Waals surface area contributed by atoms with Crippen molar-refractivity contribution in [3.8, 4) is 0 Å². The van der Waals surface area contributed by atoms with Gasteiger partial charge in [-0.15, -0.1) is 0 Å². The van der Waals surface area contributed by atoms with Gasteiger partial charge in [0, 0.05) is 12.6 Å². The third kappa shape index (κ3) is 4.60. The van der Waals surface area contributed by atoms with Gasteiger partial charge in [0.1, 0.15) is 0 Å². The van der Waals surface area contributed by atoms with E-state index in [2.05, 4.69) is 62.3 Å². The second-order valence-corrected chi connectivity index (χ2v) is 6.54. The van der Waals surface area contributed by atoms with Crippen LogP contribution < -0.4 is 5.32 Å². The predicted molar refractivity (Wildman–Crippen MR) is 87.0 cm³/mol. The summed E-state index contributed by atoms with van der Waals surface area (Å²) >= 11 is 0. The Bertz CT molecular complexity index is 398. The van der Waals surface area contributed by atoms with Crippen molar-refractivity contribution in [3.63, 3.8) is 0 Å². The highest BCUT2D eigenvalue weighted by Gasteiger charge is 2.33. The first-order valence-electron chi connectivity index (χ1n) is 8.08. The number of nitrogens with zero attached hydrogens (tertiary/aromatic N) is 1. The molecule has 2 heteroatoms. The van der Waals surface area contributed by atoms with E-state index in [9.17, 15) is 0 Å². The average Bonchev–Trinajstić information content (AvgIpc) is 3.11. The van der Waals surface area contributed by atoms with Crippen molar-refractivity contribution >= 4 is 0 Å². The maximum absolute atomic E-state index is 3.62. The second kappa shape index (κ2) is 7.24. The Morgan fingerprint density at radius 3 is 2.50 bits per heavy atom. The molecule has 0 amide bonds. The Labute approximate surface area is 124 Å². The van der Waals surface area contributed by atoms with E-state index in [1.807, 2.05) is 0 Å². The van der Waals surface area contributed by atoms with Crippen LogP contribution in [0, 0.1) is 18.8 Å². The molecule has 2 nitrogen and oxygen atoms in total. The van der Waals surface area contributed by atoms with E-state index >= 15 is 0 Å². The maximum atomic E-state index is 3.62. The van der Waals surface area contributed by atoms with Crippen LogP contribution in [0.15, 0.2) is 24.3 Å². The molecule has 1 N–H and O–H groups in total. The van der Waals surface area contributed by atoms with Gasteiger partial charge in [0.15, 0.2) is 0 Å². The highest BCUT2D eigenvalue weighted by molar-refractivity contribution is 5.24. The van der Waals surface area contributed by atoms with Gasteiger partial charge in [0.2, 0.25) is 0 Å². The van der Waals surface area contributed by atoms with Crippen LogP contribution in [0.4, 0.5) is 0 Å². The van der Waals surface area contributed by atoms with Crippen LogP contribution in [-0.2, 0) is 0 Å². The summed E-state index contributed by atoms with van der Waals surface area (Å²) in [6.07, 6.45) is 2.62. The van der Waals surface area contributed by atoms with Gasteiger partial charge < -0.3 is 10.2 Å². The minimum Gasteiger partial charge on any atom is -0.310 e. The molecule has 3 atom stereocenters. The lowest BCUT2D eigenvalue weighted by atomic mass is 10.0. The Hall–Kier alpha value is -0.860. The van der Waals surface area contributed by atoms with Gasteiger partial charge in [-0.25, -0.2) is 0 Å². The normalized spacial score (nSPS) is 23.1. The molecule has 0 saturated heterocycles. The zero-order chi connectivity index (χ0) is 14.5. The van der Waals surface area contributed by atoms with Gasteiger partial charge >= 0.3 is 0 Å². The van der Waals surface area contributed by atoms with Crippen LogP contribution in [0.3, 0.4) is 0 Å². The summed E-state index contributed by atoms with van der Waals surface area (Å²) in [4.78, 5) is 2.51. The fourth-order valence-corrected chi connectivity index (χ4v) is 2.93. The fourth-order valence-electron chi connectivity index (χ4n) is 2.93. The Kier molecular flexibility index (Phi) is 5.62. The summed E-state index contributed by atoms with van der Waals surface area (Å²) in [6, 6.07) is 9.46. The van der Waals surface area contributed by atoms with Crippen LogP contribution in [0.5, 0.6) is 0 Å². The summed E-state index contributed by atoms with van der Waals surface area (Å²) in [6.45, 7) is 10.2. The number of aryl methyl sites for hydroxylation is 1. The van der Waals surface area contributed by atoms with E-state index in [0.29, 0.717) is 6.04 Å². The highest BCUT2D eigenvalue weighted by atomic mass is 15.1. The molecule has 0 aromatic heterocycles. The van der Waals surface area contributed by atoms with Crippen LogP contribution in [0.1, 0.15) is 43.9 Å². The first-order chi connectivity index (χ1) is 9.60. The minimum absolute atomic E-state index is 0.486. The van der Waals surface area contributed by atoms with Crippen molar-refractivity contribution < 1.29 is 0 Å². The summed E-state index contributed by atoms with van der Waals surface area (Å²) in [7, 11) is 2.27. The van der Waals surface area contributed by atoms with Crippen molar-refractivity contribution in [2.24, 2.45) is 11.8 Å². The lowest BCUT2D eigenvalue weighted by Crippen LogP contribution is -2.28. The van der Waals surface area contributed by atoms with Gasteiger partial charge in [-0.3, -0.25) is 0 Å². The summed E-state index contributed by atoms with van der Waals surface area (Å²) < 4.78 is 0. The quantitative estimate of drug-likeness (QED) is 0.779. The number of hydrogen-bond donors (Lipinski definition) is 1. The molecule has 0 heterocycles. The summed E-state index contributed by atoms with van der Waals surface area (Å²) in [5, 5.41) is 3.62. The number of hydrogen-bond acceptors (Lipinski definition) is 2. The Morgan fingerprint density at radius 2 is 1.95 bits per heavy atom. The van der Waals surface area contributed by atoms with Crippen molar-refractivity contribution in [2.45, 2.75) is 39.7 Å². The molecule has 1 aliphatic carbocycles. The number of rotatable bonds is 8. The van der Waals surface area contributed by atoms with E-state index in [-0.39, 0.29) is 0 Å². The monoisotopic (exact) mass is 274 g/mol. The predicted octanol–water partition coefficient (Wildman–Crippen LogP) is 3.62. The molecule has 0 aliphatic heterocycles. The van der Waals surface area contributed by atoms with E-state index in [4.69, 9.17) is 0 Å². The SMILES string of the molecule is CCNC(CCN(C)CC1CC1C)c1ccc(C)cc1. The number of benzene rings is 1. The van der Waals surface area contributed by atoms with Crippen LogP contribution >= 0.6 is 0 Å². The third-order valence-electron chi connectivity index (χ3n) is 4.55. The van der Waals surface area contributed by atoms with E-state index in [0.717, 1.165) is 18.4 Å². The molecule has 1 aromatic rings. The molecule has 1 saturated carbocycles. The summed E-state index contributed by atoms with van der Waals surface area (Å²) in [5.74, 6) is 1.91. The molecule has 2 rings (SSSR count). The van der Waals surface area contributed by atoms with Gasteiger partial charge in [-0.2, -0.15) is 0 Å². The minimum atomic E-state index is 0.486. The van der Waals surface area contributed by atoms with E-state index in [1.165, 1.54) is 37.1 Å². The zero-order valence-electron chi connectivity index (χ0n) is 13.5. The van der Waals surface area contributed by atoms with Crippen molar-refractivity contribution in [3.05, 3.63) is 35.4 Å². The standard InChI is InChI=1S/C18H30N2/c1-5-19-18(16-8-6-14(2)7-9-16)10-11-20(4)13-17-12-15(17)3/h6-9,15,17-19H,5,10-13H2,1-4H3. The molecular weight excluding hydrogens is 244 g/mol. The summed E-state index contributed by atoms with van der Waals surface area (Å²) in [5.41, 5.74) is 2.76. The zero-order valence-corrected chi connectivity index (χ0v) is 13.5. The molecule has 1 fully saturated rings. The smallest absolute Gasteiger partial charge is 0.0332 e. The largest absolute Gasteiger partial charge is 0.310 e. The Morgan fingerprint density at radius 1 is 1.30 bits per heavy atom. The average molecular weight is 274 g/mol. The fraction of sp³-hybridized carbons (Fsp3) is 0.667. The Balaban J connectivity index is 1.83. The molecular formula is C18H30N2. The molecule has 3 unspecified atom stereocenters. The van der Waals surface area contributed by atoms with Crippen LogP contribution in [0.2, 0.25) is 0 Å². The molecule has 0 radical (unpaired) electrons. The highest BCUT2D eigenvalue weighted by Crippen LogP contribution is 2.38. The first kappa shape index (κ1) is 15.5. The molecule has 20 heavy (non-hydrogen) atoms. The van der Waals surface area contributed by atoms with Gasteiger partial charge in [-0.1, -0.05) is 43.7 Å². The van der Waals surface area contributed by atoms with Gasteiger partial charge in [-0.05, 0) is 57.3 Å². The topological polar surface area (TPSA) is 15.3 Å². The van der Waals surface area contributed by atoms with Crippen LogP contribution in [0.25, 0.3) is 0 Å². The lowest BCUT2D eigenvalue weighted by molar-refractivity contribution is 0.293. The maximum Gasteiger partial charge on any atom is 0.0332 e. The second-order valence-electron chi connectivity index (χ2n) is 6.54. The molecule has 1 aromatic carbocycles. The molecule has 112 valence electrons. The lowest BCUT2D eigenvalue weighted by Gasteiger charge is -2.23. The van der Waals surface area contributed by atoms with Crippen molar-refractivity contribution in [1.82, 2.24) is 10.2 Å². The van der Waals surface area contributed by atoms with Crippen LogP contribution in [-0.4, -0.2) is 31.6 Å². The number of nitrogens with one attached hydrogen (secondary N) is 1. The van der Waals surface area contributed by atoms with Gasteiger partial charge in [0.25, 0.3) is 0 Å². The van der Waals surface area contributed by atoms with Crippen molar-refractivity contribution in [2.75, 3.05) is 26.7 Å². The van der Waals surface area contributed by atoms with E-state index < -0.39 is 0 Å². The third-order valence-corrected chi connectivity index (χ3v) is 4.55.